The molecule has 0 saturated heterocycles. The molecule has 0 spiro atoms. The summed E-state index contributed by atoms with van der Waals surface area (Å²) in [5, 5.41) is 3.21. The molecular formula is C16H24N4. The Morgan fingerprint density at radius 1 is 1.20 bits per heavy atom. The zero-order valence-electron chi connectivity index (χ0n) is 13.3. The van der Waals surface area contributed by atoms with Crippen molar-refractivity contribution in [3.63, 3.8) is 0 Å². The third-order valence-electron chi connectivity index (χ3n) is 3.52. The van der Waals surface area contributed by atoms with Gasteiger partial charge in [-0.2, -0.15) is 0 Å². The van der Waals surface area contributed by atoms with Crippen LogP contribution in [0.15, 0.2) is 18.5 Å². The van der Waals surface area contributed by atoms with E-state index in [1.165, 1.54) is 5.56 Å². The Bertz CT molecular complexity index is 605. The van der Waals surface area contributed by atoms with Crippen molar-refractivity contribution in [2.24, 2.45) is 0 Å². The number of nitrogens with zero attached hydrogens (tertiary/aromatic N) is 3. The van der Waals surface area contributed by atoms with Crippen LogP contribution in [0.2, 0.25) is 0 Å². The number of imidazole rings is 1. The van der Waals surface area contributed by atoms with Crippen LogP contribution in [0, 0.1) is 13.8 Å². The van der Waals surface area contributed by atoms with Crippen LogP contribution in [0.5, 0.6) is 0 Å². The molecule has 108 valence electrons. The van der Waals surface area contributed by atoms with Gasteiger partial charge < -0.3 is 5.32 Å². The highest BCUT2D eigenvalue weighted by molar-refractivity contribution is 5.35. The average Bonchev–Trinajstić information content (AvgIpc) is 2.69. The highest BCUT2D eigenvalue weighted by Crippen LogP contribution is 2.23. The van der Waals surface area contributed by atoms with Gasteiger partial charge in [-0.25, -0.2) is 9.97 Å². The molecule has 2 aromatic heterocycles. The minimum Gasteiger partial charge on any atom is -0.316 e. The summed E-state index contributed by atoms with van der Waals surface area (Å²) < 4.78 is 2.06. The maximum atomic E-state index is 4.83. The summed E-state index contributed by atoms with van der Waals surface area (Å²) in [7, 11) is 1.96. The van der Waals surface area contributed by atoms with Crippen molar-refractivity contribution in [2.75, 3.05) is 7.05 Å². The van der Waals surface area contributed by atoms with E-state index in [1.807, 2.05) is 20.3 Å². The monoisotopic (exact) mass is 272 g/mol. The minimum atomic E-state index is 0.0298. The number of rotatable bonds is 3. The van der Waals surface area contributed by atoms with E-state index in [1.54, 1.807) is 0 Å². The van der Waals surface area contributed by atoms with E-state index in [0.29, 0.717) is 0 Å². The first-order chi connectivity index (χ1) is 9.32. The minimum absolute atomic E-state index is 0.0298. The van der Waals surface area contributed by atoms with E-state index in [0.717, 1.165) is 29.4 Å². The molecule has 2 heterocycles. The van der Waals surface area contributed by atoms with Crippen LogP contribution < -0.4 is 5.32 Å². The molecule has 0 fully saturated rings. The molecule has 4 nitrogen and oxygen atoms in total. The van der Waals surface area contributed by atoms with Crippen LogP contribution >= 0.6 is 0 Å². The summed E-state index contributed by atoms with van der Waals surface area (Å²) in [5.74, 6) is 0.945. The van der Waals surface area contributed by atoms with Crippen LogP contribution in [0.25, 0.3) is 5.82 Å². The second kappa shape index (κ2) is 5.37. The Labute approximate surface area is 121 Å². The molecule has 0 amide bonds. The van der Waals surface area contributed by atoms with Crippen molar-refractivity contribution in [3.05, 3.63) is 41.1 Å². The van der Waals surface area contributed by atoms with E-state index >= 15 is 0 Å². The van der Waals surface area contributed by atoms with Crippen LogP contribution in [-0.2, 0) is 12.0 Å². The lowest BCUT2D eigenvalue weighted by Gasteiger charge is -2.20. The molecule has 20 heavy (non-hydrogen) atoms. The fourth-order valence-corrected chi connectivity index (χ4v) is 2.11. The summed E-state index contributed by atoms with van der Waals surface area (Å²) in [6.45, 7) is 11.5. The maximum absolute atomic E-state index is 4.83. The Morgan fingerprint density at radius 3 is 2.40 bits per heavy atom. The number of hydrogen-bond acceptors (Lipinski definition) is 3. The summed E-state index contributed by atoms with van der Waals surface area (Å²) in [4.78, 5) is 9.19. The van der Waals surface area contributed by atoms with Crippen molar-refractivity contribution in [2.45, 2.75) is 46.6 Å². The Balaban J connectivity index is 2.58. The Kier molecular flexibility index (Phi) is 3.95. The average molecular weight is 272 g/mol. The van der Waals surface area contributed by atoms with E-state index in [-0.39, 0.29) is 5.41 Å². The van der Waals surface area contributed by atoms with Crippen molar-refractivity contribution in [1.29, 1.82) is 0 Å². The Morgan fingerprint density at radius 2 is 1.90 bits per heavy atom. The van der Waals surface area contributed by atoms with Crippen LogP contribution in [-0.4, -0.2) is 21.6 Å². The molecule has 0 bridgehead atoms. The normalized spacial score (nSPS) is 11.9. The fraction of sp³-hybridized carbons (Fsp3) is 0.500. The molecule has 0 aliphatic carbocycles. The largest absolute Gasteiger partial charge is 0.316 e. The standard InChI is InChI=1S/C16H24N4/c1-11-12(2)20(10-18-11)15-8-13(9-17-6)7-14(19-15)16(3,4)5/h7-8,10,17H,9H2,1-6H3. The molecule has 0 unspecified atom stereocenters. The molecule has 0 aliphatic heterocycles. The quantitative estimate of drug-likeness (QED) is 0.934. The zero-order valence-corrected chi connectivity index (χ0v) is 13.3. The van der Waals surface area contributed by atoms with Crippen LogP contribution in [0.4, 0.5) is 0 Å². The van der Waals surface area contributed by atoms with Gasteiger partial charge in [0, 0.05) is 23.3 Å². The van der Waals surface area contributed by atoms with Gasteiger partial charge in [0.1, 0.15) is 12.1 Å². The van der Waals surface area contributed by atoms with Crippen molar-refractivity contribution in [1.82, 2.24) is 19.9 Å². The molecule has 0 saturated carbocycles. The van der Waals surface area contributed by atoms with Crippen LogP contribution in [0.1, 0.15) is 43.4 Å². The lowest BCUT2D eigenvalue weighted by Crippen LogP contribution is -2.17. The van der Waals surface area contributed by atoms with E-state index in [9.17, 15) is 0 Å². The summed E-state index contributed by atoms with van der Waals surface area (Å²) in [5.41, 5.74) is 4.56. The molecule has 0 aromatic carbocycles. The first-order valence-corrected chi connectivity index (χ1v) is 7.00. The third-order valence-corrected chi connectivity index (χ3v) is 3.52. The third kappa shape index (κ3) is 2.90. The molecule has 2 aromatic rings. The lowest BCUT2D eigenvalue weighted by molar-refractivity contribution is 0.565. The van der Waals surface area contributed by atoms with Gasteiger partial charge in [-0.05, 0) is 38.6 Å². The number of nitrogens with one attached hydrogen (secondary N) is 1. The van der Waals surface area contributed by atoms with Gasteiger partial charge in [-0.15, -0.1) is 0 Å². The zero-order chi connectivity index (χ0) is 14.9. The second-order valence-corrected chi connectivity index (χ2v) is 6.28. The van der Waals surface area contributed by atoms with Crippen molar-refractivity contribution < 1.29 is 0 Å². The lowest BCUT2D eigenvalue weighted by atomic mass is 9.90. The highest BCUT2D eigenvalue weighted by Gasteiger charge is 2.18. The van der Waals surface area contributed by atoms with Crippen LogP contribution in [0.3, 0.4) is 0 Å². The smallest absolute Gasteiger partial charge is 0.138 e. The SMILES string of the molecule is CNCc1cc(-n2cnc(C)c2C)nc(C(C)(C)C)c1. The van der Waals surface area contributed by atoms with E-state index in [4.69, 9.17) is 4.98 Å². The van der Waals surface area contributed by atoms with Gasteiger partial charge in [0.2, 0.25) is 0 Å². The number of hydrogen-bond donors (Lipinski definition) is 1. The van der Waals surface area contributed by atoms with Gasteiger partial charge in [0.15, 0.2) is 0 Å². The number of pyridine rings is 1. The molecule has 4 heteroatoms. The summed E-state index contributed by atoms with van der Waals surface area (Å²) in [6, 6.07) is 4.30. The predicted octanol–water partition coefficient (Wildman–Crippen LogP) is 2.90. The fourth-order valence-electron chi connectivity index (χ4n) is 2.11. The number of aromatic nitrogens is 3. The first-order valence-electron chi connectivity index (χ1n) is 7.00. The van der Waals surface area contributed by atoms with Gasteiger partial charge in [0.25, 0.3) is 0 Å². The van der Waals surface area contributed by atoms with Gasteiger partial charge in [-0.3, -0.25) is 4.57 Å². The molecule has 0 radical (unpaired) electrons. The van der Waals surface area contributed by atoms with Gasteiger partial charge in [0.05, 0.1) is 5.69 Å². The molecular weight excluding hydrogens is 248 g/mol. The van der Waals surface area contributed by atoms with Gasteiger partial charge in [-0.1, -0.05) is 20.8 Å². The second-order valence-electron chi connectivity index (χ2n) is 6.28. The van der Waals surface area contributed by atoms with Crippen molar-refractivity contribution >= 4 is 0 Å². The molecule has 0 aliphatic rings. The van der Waals surface area contributed by atoms with Crippen molar-refractivity contribution in [3.8, 4) is 5.82 Å². The molecule has 0 atom stereocenters. The summed E-state index contributed by atoms with van der Waals surface area (Å²) >= 11 is 0. The molecule has 1 N–H and O–H groups in total. The molecule has 2 rings (SSSR count). The van der Waals surface area contributed by atoms with Gasteiger partial charge >= 0.3 is 0 Å². The van der Waals surface area contributed by atoms with E-state index in [2.05, 4.69) is 54.7 Å². The van der Waals surface area contributed by atoms with E-state index < -0.39 is 0 Å². The first kappa shape index (κ1) is 14.7. The highest BCUT2D eigenvalue weighted by atomic mass is 15.1. The Hall–Kier alpha value is -1.68. The topological polar surface area (TPSA) is 42.7 Å². The number of aryl methyl sites for hydroxylation is 1. The maximum Gasteiger partial charge on any atom is 0.138 e. The summed E-state index contributed by atoms with van der Waals surface area (Å²) in [6.07, 6.45) is 1.85. The predicted molar refractivity (Wildman–Crippen MR) is 82.3 cm³/mol.